The van der Waals surface area contributed by atoms with Crippen LogP contribution in [-0.4, -0.2) is 51.7 Å². The summed E-state index contributed by atoms with van der Waals surface area (Å²) in [5.74, 6) is 0. The van der Waals surface area contributed by atoms with E-state index in [0.717, 1.165) is 24.5 Å². The van der Waals surface area contributed by atoms with E-state index in [1.807, 2.05) is 47.3 Å². The van der Waals surface area contributed by atoms with E-state index < -0.39 is 0 Å². The maximum atomic E-state index is 9.24. The lowest BCUT2D eigenvalue weighted by Crippen LogP contribution is -2.48. The van der Waals surface area contributed by atoms with E-state index >= 15 is 0 Å². The van der Waals surface area contributed by atoms with Crippen LogP contribution in [0, 0.1) is 0 Å². The van der Waals surface area contributed by atoms with Crippen LogP contribution in [0.5, 0.6) is 0 Å². The quantitative estimate of drug-likeness (QED) is 0.925. The molecule has 1 fully saturated rings. The van der Waals surface area contributed by atoms with E-state index in [-0.39, 0.29) is 12.7 Å². The highest BCUT2D eigenvalue weighted by atomic mass is 16.5. The molecule has 0 spiro atoms. The van der Waals surface area contributed by atoms with Crippen molar-refractivity contribution in [3.63, 3.8) is 0 Å². The molecule has 2 unspecified atom stereocenters. The van der Waals surface area contributed by atoms with Gasteiger partial charge in [-0.05, 0) is 25.1 Å². The van der Waals surface area contributed by atoms with Gasteiger partial charge in [0.15, 0.2) is 0 Å². The smallest absolute Gasteiger partial charge is 0.0933 e. The van der Waals surface area contributed by atoms with Crippen LogP contribution in [-0.2, 0) is 11.3 Å². The predicted molar refractivity (Wildman–Crippen MR) is 80.3 cm³/mol. The summed E-state index contributed by atoms with van der Waals surface area (Å²) in [6, 6.07) is 12.5. The number of hydrogen-bond donors (Lipinski definition) is 1. The summed E-state index contributed by atoms with van der Waals surface area (Å²) < 4.78 is 7.46. The van der Waals surface area contributed by atoms with E-state index in [9.17, 15) is 5.11 Å². The summed E-state index contributed by atoms with van der Waals surface area (Å²) in [4.78, 5) is 2.31. The largest absolute Gasteiger partial charge is 0.394 e. The zero-order chi connectivity index (χ0) is 14.7. The monoisotopic (exact) mass is 287 g/mol. The molecule has 21 heavy (non-hydrogen) atoms. The van der Waals surface area contributed by atoms with Gasteiger partial charge in [-0.25, -0.2) is 4.68 Å². The first kappa shape index (κ1) is 14.3. The summed E-state index contributed by atoms with van der Waals surface area (Å²) in [5, 5.41) is 13.9. The van der Waals surface area contributed by atoms with Gasteiger partial charge in [0.1, 0.15) is 0 Å². The number of aliphatic hydroxyl groups is 1. The number of benzene rings is 1. The SMILES string of the molecule is CC1COC(CO)CN1Cc1ccn(-c2ccccc2)n1. The Morgan fingerprint density at radius 3 is 2.86 bits per heavy atom. The lowest BCUT2D eigenvalue weighted by molar-refractivity contribution is -0.0808. The molecule has 1 aromatic heterocycles. The van der Waals surface area contributed by atoms with E-state index in [4.69, 9.17) is 4.74 Å². The van der Waals surface area contributed by atoms with Gasteiger partial charge < -0.3 is 9.84 Å². The summed E-state index contributed by atoms with van der Waals surface area (Å²) in [6.45, 7) is 4.39. The number of para-hydroxylation sites is 1. The number of aliphatic hydroxyl groups excluding tert-OH is 1. The van der Waals surface area contributed by atoms with Gasteiger partial charge >= 0.3 is 0 Å². The molecule has 1 N–H and O–H groups in total. The molecule has 0 bridgehead atoms. The summed E-state index contributed by atoms with van der Waals surface area (Å²) in [7, 11) is 0. The highest BCUT2D eigenvalue weighted by molar-refractivity contribution is 5.30. The summed E-state index contributed by atoms with van der Waals surface area (Å²) >= 11 is 0. The van der Waals surface area contributed by atoms with Crippen molar-refractivity contribution in [1.29, 1.82) is 0 Å². The average Bonchev–Trinajstić information content (AvgIpc) is 2.99. The van der Waals surface area contributed by atoms with Crippen LogP contribution in [0.4, 0.5) is 0 Å². The number of morpholine rings is 1. The molecule has 1 aliphatic rings. The second kappa shape index (κ2) is 6.39. The van der Waals surface area contributed by atoms with E-state index in [1.54, 1.807) is 0 Å². The fraction of sp³-hybridized carbons (Fsp3) is 0.438. The standard InChI is InChI=1S/C16H21N3O2/c1-13-12-21-16(11-20)10-18(13)9-14-7-8-19(17-14)15-5-3-2-4-6-15/h2-8,13,16,20H,9-12H2,1H3. The molecule has 2 heterocycles. The second-order valence-electron chi connectivity index (χ2n) is 5.50. The van der Waals surface area contributed by atoms with Gasteiger partial charge in [0.2, 0.25) is 0 Å². The highest BCUT2D eigenvalue weighted by Gasteiger charge is 2.26. The minimum atomic E-state index is -0.0857. The summed E-state index contributed by atoms with van der Waals surface area (Å²) in [6.07, 6.45) is 1.90. The number of nitrogens with zero attached hydrogens (tertiary/aromatic N) is 3. The van der Waals surface area contributed by atoms with E-state index in [1.165, 1.54) is 0 Å². The highest BCUT2D eigenvalue weighted by Crippen LogP contribution is 2.15. The van der Waals surface area contributed by atoms with Gasteiger partial charge in [-0.2, -0.15) is 5.10 Å². The van der Waals surface area contributed by atoms with Gasteiger partial charge in [-0.15, -0.1) is 0 Å². The fourth-order valence-corrected chi connectivity index (χ4v) is 2.58. The van der Waals surface area contributed by atoms with Crippen LogP contribution >= 0.6 is 0 Å². The maximum Gasteiger partial charge on any atom is 0.0933 e. The Bertz CT molecular complexity index is 570. The van der Waals surface area contributed by atoms with Gasteiger partial charge in [0.25, 0.3) is 0 Å². The minimum Gasteiger partial charge on any atom is -0.394 e. The van der Waals surface area contributed by atoms with Crippen molar-refractivity contribution in [3.05, 3.63) is 48.3 Å². The Hall–Kier alpha value is -1.69. The van der Waals surface area contributed by atoms with Crippen LogP contribution < -0.4 is 0 Å². The van der Waals surface area contributed by atoms with Crippen molar-refractivity contribution in [2.75, 3.05) is 19.8 Å². The predicted octanol–water partition coefficient (Wildman–Crippen LogP) is 1.45. The summed E-state index contributed by atoms with van der Waals surface area (Å²) in [5.41, 5.74) is 2.09. The van der Waals surface area contributed by atoms with Crippen LogP contribution in [0.15, 0.2) is 42.6 Å². The molecule has 5 nitrogen and oxygen atoms in total. The van der Waals surface area contributed by atoms with Crippen LogP contribution in [0.3, 0.4) is 0 Å². The first-order valence-electron chi connectivity index (χ1n) is 7.33. The van der Waals surface area contributed by atoms with Crippen LogP contribution in [0.2, 0.25) is 0 Å². The first-order chi connectivity index (χ1) is 10.3. The molecule has 1 aromatic carbocycles. The zero-order valence-corrected chi connectivity index (χ0v) is 12.2. The topological polar surface area (TPSA) is 50.5 Å². The van der Waals surface area contributed by atoms with Gasteiger partial charge in [-0.3, -0.25) is 4.90 Å². The lowest BCUT2D eigenvalue weighted by Gasteiger charge is -2.36. The van der Waals surface area contributed by atoms with Crippen molar-refractivity contribution in [2.24, 2.45) is 0 Å². The normalized spacial score (nSPS) is 23.3. The lowest BCUT2D eigenvalue weighted by atomic mass is 10.2. The van der Waals surface area contributed by atoms with Crippen molar-refractivity contribution >= 4 is 0 Å². The Labute approximate surface area is 124 Å². The third kappa shape index (κ3) is 3.32. The molecule has 0 saturated carbocycles. The van der Waals surface area contributed by atoms with Crippen molar-refractivity contribution in [3.8, 4) is 5.69 Å². The minimum absolute atomic E-state index is 0.0711. The third-order valence-electron chi connectivity index (χ3n) is 3.87. The average molecular weight is 287 g/mol. The Kier molecular flexibility index (Phi) is 4.34. The molecule has 112 valence electrons. The zero-order valence-electron chi connectivity index (χ0n) is 12.2. The molecule has 0 radical (unpaired) electrons. The van der Waals surface area contributed by atoms with Crippen LogP contribution in [0.1, 0.15) is 12.6 Å². The van der Waals surface area contributed by atoms with E-state index in [2.05, 4.69) is 16.9 Å². The van der Waals surface area contributed by atoms with Crippen molar-refractivity contribution < 1.29 is 9.84 Å². The van der Waals surface area contributed by atoms with Crippen LogP contribution in [0.25, 0.3) is 5.69 Å². The first-order valence-corrected chi connectivity index (χ1v) is 7.33. The van der Waals surface area contributed by atoms with E-state index in [0.29, 0.717) is 12.6 Å². The van der Waals surface area contributed by atoms with Gasteiger partial charge in [-0.1, -0.05) is 18.2 Å². The molecular formula is C16H21N3O2. The molecule has 1 aliphatic heterocycles. The Morgan fingerprint density at radius 2 is 2.10 bits per heavy atom. The van der Waals surface area contributed by atoms with Crippen molar-refractivity contribution in [1.82, 2.24) is 14.7 Å². The molecule has 3 rings (SSSR count). The van der Waals surface area contributed by atoms with Gasteiger partial charge in [0.05, 0.1) is 30.7 Å². The number of ether oxygens (including phenoxy) is 1. The fourth-order valence-electron chi connectivity index (χ4n) is 2.58. The number of aromatic nitrogens is 2. The number of rotatable bonds is 4. The van der Waals surface area contributed by atoms with Gasteiger partial charge in [0, 0.05) is 25.3 Å². The maximum absolute atomic E-state index is 9.24. The Balaban J connectivity index is 1.69. The molecule has 2 aromatic rings. The molecule has 1 saturated heterocycles. The molecule has 0 amide bonds. The number of hydrogen-bond acceptors (Lipinski definition) is 4. The molecule has 0 aliphatic carbocycles. The third-order valence-corrected chi connectivity index (χ3v) is 3.87. The molecule has 2 atom stereocenters. The van der Waals surface area contributed by atoms with Crippen molar-refractivity contribution in [2.45, 2.75) is 25.6 Å². The molecule has 5 heteroatoms. The molecular weight excluding hydrogens is 266 g/mol. The Morgan fingerprint density at radius 1 is 1.29 bits per heavy atom. The second-order valence-corrected chi connectivity index (χ2v) is 5.50.